The zero-order chi connectivity index (χ0) is 17.8. The summed E-state index contributed by atoms with van der Waals surface area (Å²) in [5, 5.41) is 8.26. The highest BCUT2D eigenvalue weighted by atomic mass is 15.2. The van der Waals surface area contributed by atoms with Crippen molar-refractivity contribution in [2.75, 3.05) is 13.1 Å². The van der Waals surface area contributed by atoms with Crippen molar-refractivity contribution in [2.45, 2.75) is 31.7 Å². The van der Waals surface area contributed by atoms with Crippen molar-refractivity contribution in [3.63, 3.8) is 0 Å². The minimum absolute atomic E-state index is 0.489. The number of aromatic nitrogens is 1. The zero-order valence-electron chi connectivity index (χ0n) is 15.2. The third kappa shape index (κ3) is 3.74. The predicted octanol–water partition coefficient (Wildman–Crippen LogP) is 3.82. The molecule has 4 rings (SSSR count). The first-order chi connectivity index (χ1) is 12.8. The molecule has 1 saturated carbocycles. The third-order valence-corrected chi connectivity index (χ3v) is 5.01. The van der Waals surface area contributed by atoms with Crippen LogP contribution in [0.3, 0.4) is 0 Å². The second kappa shape index (κ2) is 7.65. The summed E-state index contributed by atoms with van der Waals surface area (Å²) >= 11 is 0. The van der Waals surface area contributed by atoms with Gasteiger partial charge in [-0.15, -0.1) is 0 Å². The van der Waals surface area contributed by atoms with Crippen LogP contribution in [0.5, 0.6) is 0 Å². The Morgan fingerprint density at radius 1 is 1.12 bits per heavy atom. The standard InChI is InChI=1S/C22H26N4/c1-2-23-22(26-21-14-19(21)16-8-4-3-5-9-16)24-13-12-17-15-25-20-11-7-6-10-18(17)20/h3-11,15,19,21,25H,2,12-14H2,1H3,(H2,23,24,26). The molecule has 1 aromatic heterocycles. The van der Waals surface area contributed by atoms with Crippen molar-refractivity contribution >= 4 is 16.9 Å². The van der Waals surface area contributed by atoms with E-state index >= 15 is 0 Å². The van der Waals surface area contributed by atoms with E-state index in [1.54, 1.807) is 0 Å². The highest BCUT2D eigenvalue weighted by Crippen LogP contribution is 2.40. The van der Waals surface area contributed by atoms with Gasteiger partial charge >= 0.3 is 0 Å². The number of hydrogen-bond acceptors (Lipinski definition) is 1. The normalized spacial score (nSPS) is 19.5. The van der Waals surface area contributed by atoms with E-state index in [1.807, 2.05) is 0 Å². The average Bonchev–Trinajstić information content (AvgIpc) is 3.33. The van der Waals surface area contributed by atoms with Crippen LogP contribution >= 0.6 is 0 Å². The number of para-hydroxylation sites is 1. The van der Waals surface area contributed by atoms with Crippen LogP contribution in [0.1, 0.15) is 30.4 Å². The zero-order valence-corrected chi connectivity index (χ0v) is 15.2. The largest absolute Gasteiger partial charge is 0.361 e. The van der Waals surface area contributed by atoms with E-state index < -0.39 is 0 Å². The lowest BCUT2D eigenvalue weighted by atomic mass is 10.1. The Morgan fingerprint density at radius 2 is 1.92 bits per heavy atom. The first-order valence-electron chi connectivity index (χ1n) is 9.50. The Kier molecular flexibility index (Phi) is 4.91. The summed E-state index contributed by atoms with van der Waals surface area (Å²) in [5.74, 6) is 1.53. The van der Waals surface area contributed by atoms with E-state index in [0.29, 0.717) is 12.0 Å². The summed E-state index contributed by atoms with van der Waals surface area (Å²) in [6, 6.07) is 19.7. The number of nitrogens with one attached hydrogen (secondary N) is 3. The first-order valence-corrected chi connectivity index (χ1v) is 9.50. The summed E-state index contributed by atoms with van der Waals surface area (Å²) < 4.78 is 0. The molecule has 1 fully saturated rings. The molecule has 134 valence electrons. The van der Waals surface area contributed by atoms with E-state index in [9.17, 15) is 0 Å². The van der Waals surface area contributed by atoms with Gasteiger partial charge in [-0.3, -0.25) is 4.99 Å². The number of nitrogens with zero attached hydrogens (tertiary/aromatic N) is 1. The SMILES string of the molecule is CCNC(=NCCc1c[nH]c2ccccc12)NC1CC1c1ccccc1. The number of guanidine groups is 1. The van der Waals surface area contributed by atoms with E-state index in [0.717, 1.165) is 25.5 Å². The first kappa shape index (κ1) is 16.7. The Balaban J connectivity index is 1.36. The molecule has 0 bridgehead atoms. The van der Waals surface area contributed by atoms with Gasteiger partial charge in [-0.05, 0) is 37.0 Å². The molecule has 2 atom stereocenters. The minimum atomic E-state index is 0.489. The van der Waals surface area contributed by atoms with Crippen molar-refractivity contribution in [3.8, 4) is 0 Å². The average molecular weight is 346 g/mol. The summed E-state index contributed by atoms with van der Waals surface area (Å²) in [7, 11) is 0. The van der Waals surface area contributed by atoms with Gasteiger partial charge < -0.3 is 15.6 Å². The van der Waals surface area contributed by atoms with E-state index in [2.05, 4.69) is 83.3 Å². The van der Waals surface area contributed by atoms with Crippen molar-refractivity contribution in [1.82, 2.24) is 15.6 Å². The topological polar surface area (TPSA) is 52.2 Å². The maximum atomic E-state index is 4.78. The van der Waals surface area contributed by atoms with Crippen LogP contribution < -0.4 is 10.6 Å². The molecule has 3 N–H and O–H groups in total. The number of hydrogen-bond donors (Lipinski definition) is 3. The minimum Gasteiger partial charge on any atom is -0.361 e. The van der Waals surface area contributed by atoms with Gasteiger partial charge in [-0.2, -0.15) is 0 Å². The lowest BCUT2D eigenvalue weighted by Crippen LogP contribution is -2.39. The molecule has 4 heteroatoms. The van der Waals surface area contributed by atoms with Gasteiger partial charge in [-0.25, -0.2) is 0 Å². The van der Waals surface area contributed by atoms with Crippen LogP contribution in [-0.2, 0) is 6.42 Å². The van der Waals surface area contributed by atoms with E-state index in [1.165, 1.54) is 28.5 Å². The molecule has 0 radical (unpaired) electrons. The molecular weight excluding hydrogens is 320 g/mol. The quantitative estimate of drug-likeness (QED) is 0.469. The van der Waals surface area contributed by atoms with Crippen LogP contribution in [0.2, 0.25) is 0 Å². The highest BCUT2D eigenvalue weighted by Gasteiger charge is 2.38. The van der Waals surface area contributed by atoms with Gasteiger partial charge in [0.15, 0.2) is 5.96 Å². The maximum absolute atomic E-state index is 4.78. The molecular formula is C22H26N4. The van der Waals surface area contributed by atoms with Crippen LogP contribution in [0.15, 0.2) is 65.8 Å². The summed E-state index contributed by atoms with van der Waals surface area (Å²) in [5.41, 5.74) is 3.94. The van der Waals surface area contributed by atoms with E-state index in [-0.39, 0.29) is 0 Å². The van der Waals surface area contributed by atoms with Gasteiger partial charge in [0.25, 0.3) is 0 Å². The number of benzene rings is 2. The monoisotopic (exact) mass is 346 g/mol. The molecule has 3 aromatic rings. The number of H-pyrrole nitrogens is 1. The summed E-state index contributed by atoms with van der Waals surface area (Å²) in [4.78, 5) is 8.12. The highest BCUT2D eigenvalue weighted by molar-refractivity contribution is 5.83. The van der Waals surface area contributed by atoms with E-state index in [4.69, 9.17) is 4.99 Å². The molecule has 1 aliphatic rings. The van der Waals surface area contributed by atoms with Crippen LogP contribution in [-0.4, -0.2) is 30.1 Å². The third-order valence-electron chi connectivity index (χ3n) is 5.01. The number of aliphatic imine (C=N–C) groups is 1. The molecule has 26 heavy (non-hydrogen) atoms. The van der Waals surface area contributed by atoms with Crippen LogP contribution in [0, 0.1) is 0 Å². The Labute approximate surface area is 154 Å². The second-order valence-electron chi connectivity index (χ2n) is 6.87. The molecule has 1 heterocycles. The smallest absolute Gasteiger partial charge is 0.191 e. The molecule has 0 aliphatic heterocycles. The van der Waals surface area contributed by atoms with Crippen molar-refractivity contribution in [2.24, 2.45) is 4.99 Å². The Bertz CT molecular complexity index is 881. The lowest BCUT2D eigenvalue weighted by molar-refractivity contribution is 0.792. The Hall–Kier alpha value is -2.75. The van der Waals surface area contributed by atoms with Gasteiger partial charge in [0.05, 0.1) is 0 Å². The predicted molar refractivity (Wildman–Crippen MR) is 109 cm³/mol. The van der Waals surface area contributed by atoms with Gasteiger partial charge in [0, 0.05) is 42.1 Å². The molecule has 4 nitrogen and oxygen atoms in total. The molecule has 0 spiro atoms. The molecule has 2 unspecified atom stereocenters. The fourth-order valence-electron chi connectivity index (χ4n) is 3.55. The fourth-order valence-corrected chi connectivity index (χ4v) is 3.55. The van der Waals surface area contributed by atoms with Gasteiger partial charge in [-0.1, -0.05) is 48.5 Å². The molecule has 1 aliphatic carbocycles. The molecule has 0 amide bonds. The van der Waals surface area contributed by atoms with Crippen molar-refractivity contribution < 1.29 is 0 Å². The molecule has 0 saturated heterocycles. The number of fused-ring (bicyclic) bond motifs is 1. The summed E-state index contributed by atoms with van der Waals surface area (Å²) in [6.45, 7) is 3.76. The second-order valence-corrected chi connectivity index (χ2v) is 6.87. The number of aromatic amines is 1. The van der Waals surface area contributed by atoms with Crippen molar-refractivity contribution in [3.05, 3.63) is 71.9 Å². The van der Waals surface area contributed by atoms with Crippen LogP contribution in [0.25, 0.3) is 10.9 Å². The number of rotatable bonds is 6. The van der Waals surface area contributed by atoms with Gasteiger partial charge in [0.1, 0.15) is 0 Å². The lowest BCUT2D eigenvalue weighted by Gasteiger charge is -2.11. The molecule has 2 aromatic carbocycles. The Morgan fingerprint density at radius 3 is 2.77 bits per heavy atom. The van der Waals surface area contributed by atoms with Crippen LogP contribution in [0.4, 0.5) is 0 Å². The maximum Gasteiger partial charge on any atom is 0.191 e. The van der Waals surface area contributed by atoms with Crippen molar-refractivity contribution in [1.29, 1.82) is 0 Å². The van der Waals surface area contributed by atoms with Gasteiger partial charge in [0.2, 0.25) is 0 Å². The summed E-state index contributed by atoms with van der Waals surface area (Å²) in [6.07, 6.45) is 4.22. The fraction of sp³-hybridized carbons (Fsp3) is 0.318.